The largest absolute Gasteiger partial charge is 0.353 e. The summed E-state index contributed by atoms with van der Waals surface area (Å²) in [6.07, 6.45) is 5.14. The van der Waals surface area contributed by atoms with Gasteiger partial charge in [0.2, 0.25) is 17.6 Å². The van der Waals surface area contributed by atoms with Crippen LogP contribution in [0.1, 0.15) is 41.8 Å². The molecule has 1 N–H and O–H groups in total. The van der Waals surface area contributed by atoms with Crippen molar-refractivity contribution in [3.05, 3.63) is 70.9 Å². The number of nitrogens with zero attached hydrogens (tertiary/aromatic N) is 2. The van der Waals surface area contributed by atoms with Crippen molar-refractivity contribution in [3.63, 3.8) is 0 Å². The maximum Gasteiger partial charge on any atom is 0.227 e. The summed E-state index contributed by atoms with van der Waals surface area (Å²) in [7, 11) is 0. The van der Waals surface area contributed by atoms with Crippen molar-refractivity contribution in [2.45, 2.75) is 51.5 Å². The Labute approximate surface area is 181 Å². The number of carbonyl (C=O) groups is 1. The number of fused-ring (bicyclic) bond motifs is 3. The first-order valence-corrected chi connectivity index (χ1v) is 11.0. The highest BCUT2D eigenvalue weighted by Crippen LogP contribution is 2.40. The summed E-state index contributed by atoms with van der Waals surface area (Å²) < 4.78 is 18.8. The molecule has 160 valence electrons. The smallest absolute Gasteiger partial charge is 0.227 e. The van der Waals surface area contributed by atoms with E-state index >= 15 is 0 Å². The zero-order valence-electron chi connectivity index (χ0n) is 17.6. The molecule has 1 saturated carbocycles. The molecule has 0 radical (unpaired) electrons. The van der Waals surface area contributed by atoms with E-state index in [9.17, 15) is 9.18 Å². The Balaban J connectivity index is 1.19. The van der Waals surface area contributed by atoms with Crippen molar-refractivity contribution >= 4 is 5.91 Å². The lowest BCUT2D eigenvalue weighted by atomic mass is 9.94. The van der Waals surface area contributed by atoms with Gasteiger partial charge in [0, 0.05) is 24.4 Å². The molecular weight excluding hydrogens is 393 g/mol. The standard InChI is InChI=1S/C25H26FN3O2/c1-15-12-20(8-9-21(15)26)25-28-23(31-29-25)11-10-22(30)27-24-18-6-7-19(24)14-17-5-3-2-4-16(17)13-18/h2-5,8-9,12,18-19,24H,6-7,10-11,13-14H2,1H3,(H,27,30). The number of halogens is 1. The second-order valence-electron chi connectivity index (χ2n) is 8.84. The lowest BCUT2D eigenvalue weighted by Crippen LogP contribution is -2.42. The van der Waals surface area contributed by atoms with Crippen LogP contribution >= 0.6 is 0 Å². The fourth-order valence-electron chi connectivity index (χ4n) is 5.12. The molecule has 1 aromatic heterocycles. The lowest BCUT2D eigenvalue weighted by molar-refractivity contribution is -0.122. The molecule has 2 atom stereocenters. The number of carbonyl (C=O) groups excluding carboxylic acids is 1. The van der Waals surface area contributed by atoms with Gasteiger partial charge in [-0.2, -0.15) is 4.98 Å². The molecule has 1 amide bonds. The van der Waals surface area contributed by atoms with Crippen LogP contribution in [0, 0.1) is 24.6 Å². The van der Waals surface area contributed by atoms with Gasteiger partial charge in [0.25, 0.3) is 0 Å². The van der Waals surface area contributed by atoms with Crippen LogP contribution in [0.2, 0.25) is 0 Å². The van der Waals surface area contributed by atoms with Gasteiger partial charge < -0.3 is 9.84 Å². The third kappa shape index (κ3) is 4.11. The van der Waals surface area contributed by atoms with Crippen molar-refractivity contribution in [2.75, 3.05) is 0 Å². The number of benzene rings is 2. The molecule has 2 bridgehead atoms. The van der Waals surface area contributed by atoms with Crippen molar-refractivity contribution in [1.29, 1.82) is 0 Å². The highest BCUT2D eigenvalue weighted by atomic mass is 19.1. The monoisotopic (exact) mass is 419 g/mol. The minimum Gasteiger partial charge on any atom is -0.353 e. The molecule has 2 aromatic carbocycles. The Morgan fingerprint density at radius 1 is 1.13 bits per heavy atom. The van der Waals surface area contributed by atoms with Crippen molar-refractivity contribution in [3.8, 4) is 11.4 Å². The minimum atomic E-state index is -0.264. The van der Waals surface area contributed by atoms with Crippen LogP contribution in [-0.2, 0) is 24.1 Å². The number of amides is 1. The molecule has 5 nitrogen and oxygen atoms in total. The van der Waals surface area contributed by atoms with Crippen LogP contribution in [-0.4, -0.2) is 22.1 Å². The number of rotatable bonds is 5. The number of aryl methyl sites for hydroxylation is 2. The minimum absolute atomic E-state index is 0.0326. The normalized spacial score (nSPS) is 22.1. The van der Waals surface area contributed by atoms with Gasteiger partial charge in [-0.15, -0.1) is 0 Å². The number of nitrogens with one attached hydrogen (secondary N) is 1. The van der Waals surface area contributed by atoms with Crippen molar-refractivity contribution in [2.24, 2.45) is 11.8 Å². The first kappa shape index (κ1) is 19.9. The van der Waals surface area contributed by atoms with E-state index in [0.29, 0.717) is 47.5 Å². The third-order valence-electron chi connectivity index (χ3n) is 6.78. The second kappa shape index (κ2) is 8.25. The van der Waals surface area contributed by atoms with E-state index in [0.717, 1.165) is 12.8 Å². The van der Waals surface area contributed by atoms with Crippen LogP contribution in [0.15, 0.2) is 47.0 Å². The van der Waals surface area contributed by atoms with Gasteiger partial charge in [-0.25, -0.2) is 4.39 Å². The van der Waals surface area contributed by atoms with Gasteiger partial charge in [0.15, 0.2) is 0 Å². The maximum atomic E-state index is 13.5. The second-order valence-corrected chi connectivity index (χ2v) is 8.84. The molecule has 3 aromatic rings. The fraction of sp³-hybridized carbons (Fsp3) is 0.400. The number of hydrogen-bond donors (Lipinski definition) is 1. The first-order valence-electron chi connectivity index (χ1n) is 11.0. The van der Waals surface area contributed by atoms with E-state index in [1.165, 1.54) is 30.0 Å². The molecule has 6 heteroatoms. The van der Waals surface area contributed by atoms with Crippen LogP contribution < -0.4 is 5.32 Å². The van der Waals surface area contributed by atoms with Gasteiger partial charge in [0.05, 0.1) is 0 Å². The number of aromatic nitrogens is 2. The Hall–Kier alpha value is -3.02. The third-order valence-corrected chi connectivity index (χ3v) is 6.78. The summed E-state index contributed by atoms with van der Waals surface area (Å²) >= 11 is 0. The zero-order chi connectivity index (χ0) is 21.4. The topological polar surface area (TPSA) is 68.0 Å². The van der Waals surface area contributed by atoms with Gasteiger partial charge >= 0.3 is 0 Å². The van der Waals surface area contributed by atoms with Crippen LogP contribution in [0.3, 0.4) is 0 Å². The molecule has 5 rings (SSSR count). The first-order chi connectivity index (χ1) is 15.1. The highest BCUT2D eigenvalue weighted by molar-refractivity contribution is 5.76. The Kier molecular flexibility index (Phi) is 5.30. The van der Waals surface area contributed by atoms with E-state index in [1.807, 2.05) is 0 Å². The van der Waals surface area contributed by atoms with E-state index in [4.69, 9.17) is 4.52 Å². The van der Waals surface area contributed by atoms with Crippen molar-refractivity contribution < 1.29 is 13.7 Å². The Morgan fingerprint density at radius 2 is 1.84 bits per heavy atom. The van der Waals surface area contributed by atoms with E-state index in [-0.39, 0.29) is 17.8 Å². The van der Waals surface area contributed by atoms with E-state index in [2.05, 4.69) is 39.7 Å². The Bertz CT molecular complexity index is 1080. The average molecular weight is 420 g/mol. The zero-order valence-corrected chi connectivity index (χ0v) is 17.6. The molecule has 1 fully saturated rings. The summed E-state index contributed by atoms with van der Waals surface area (Å²) in [5.74, 6) is 1.62. The molecular formula is C25H26FN3O2. The Morgan fingerprint density at radius 3 is 2.52 bits per heavy atom. The van der Waals surface area contributed by atoms with Gasteiger partial charge in [0.1, 0.15) is 5.82 Å². The maximum absolute atomic E-state index is 13.5. The van der Waals surface area contributed by atoms with Crippen LogP contribution in [0.25, 0.3) is 11.4 Å². The fourth-order valence-corrected chi connectivity index (χ4v) is 5.12. The molecule has 0 spiro atoms. The van der Waals surface area contributed by atoms with Crippen molar-refractivity contribution in [1.82, 2.24) is 15.5 Å². The van der Waals surface area contributed by atoms with Gasteiger partial charge in [-0.1, -0.05) is 29.4 Å². The molecule has 2 aliphatic carbocycles. The predicted molar refractivity (Wildman–Crippen MR) is 115 cm³/mol. The molecule has 2 aliphatic rings. The molecule has 1 heterocycles. The summed E-state index contributed by atoms with van der Waals surface area (Å²) in [4.78, 5) is 17.1. The summed E-state index contributed by atoms with van der Waals surface area (Å²) in [5, 5.41) is 7.29. The molecule has 2 unspecified atom stereocenters. The highest BCUT2D eigenvalue weighted by Gasteiger charge is 2.39. The summed E-state index contributed by atoms with van der Waals surface area (Å²) in [5.41, 5.74) is 4.10. The number of hydrogen-bond acceptors (Lipinski definition) is 4. The summed E-state index contributed by atoms with van der Waals surface area (Å²) in [6.45, 7) is 1.70. The average Bonchev–Trinajstić information content (AvgIpc) is 3.33. The van der Waals surface area contributed by atoms with Crippen LogP contribution in [0.5, 0.6) is 0 Å². The van der Waals surface area contributed by atoms with E-state index in [1.54, 1.807) is 19.1 Å². The molecule has 31 heavy (non-hydrogen) atoms. The quantitative estimate of drug-likeness (QED) is 0.664. The molecule has 0 saturated heterocycles. The van der Waals surface area contributed by atoms with Crippen LogP contribution in [0.4, 0.5) is 4.39 Å². The SMILES string of the molecule is Cc1cc(-c2noc(CCC(=O)NC3C4CCC3Cc3ccccc3C4)n2)ccc1F. The predicted octanol–water partition coefficient (Wildman–Crippen LogP) is 4.43. The van der Waals surface area contributed by atoms with Gasteiger partial charge in [-0.3, -0.25) is 4.79 Å². The summed E-state index contributed by atoms with van der Waals surface area (Å²) in [6, 6.07) is 13.6. The lowest BCUT2D eigenvalue weighted by Gasteiger charge is -2.23. The van der Waals surface area contributed by atoms with E-state index < -0.39 is 0 Å². The van der Waals surface area contributed by atoms with Gasteiger partial charge in [-0.05, 0) is 79.3 Å². The molecule has 0 aliphatic heterocycles.